The van der Waals surface area contributed by atoms with Crippen molar-refractivity contribution in [3.8, 4) is 16.9 Å². The molecule has 2 aromatic carbocycles. The van der Waals surface area contributed by atoms with E-state index in [1.165, 1.54) is 12.1 Å². The first-order valence-electron chi connectivity index (χ1n) is 6.21. The van der Waals surface area contributed by atoms with E-state index in [0.717, 1.165) is 33.6 Å². The van der Waals surface area contributed by atoms with Crippen molar-refractivity contribution in [3.05, 3.63) is 52.8 Å². The van der Waals surface area contributed by atoms with E-state index in [4.69, 9.17) is 10.5 Å². The third kappa shape index (κ3) is 2.47. The minimum Gasteiger partial charge on any atom is -0.496 e. The smallest absolute Gasteiger partial charge is 0.129 e. The van der Waals surface area contributed by atoms with Gasteiger partial charge in [-0.25, -0.2) is 4.39 Å². The van der Waals surface area contributed by atoms with Crippen LogP contribution in [0, 0.1) is 19.7 Å². The first-order valence-corrected chi connectivity index (χ1v) is 6.21. The Labute approximate surface area is 113 Å². The van der Waals surface area contributed by atoms with Gasteiger partial charge in [-0.05, 0) is 48.2 Å². The molecule has 0 aliphatic rings. The third-order valence-electron chi connectivity index (χ3n) is 3.46. The lowest BCUT2D eigenvalue weighted by Gasteiger charge is -2.16. The molecule has 2 rings (SSSR count). The second kappa shape index (κ2) is 5.41. The molecular formula is C16H18FNO. The summed E-state index contributed by atoms with van der Waals surface area (Å²) in [5, 5.41) is 0. The van der Waals surface area contributed by atoms with Gasteiger partial charge in [-0.1, -0.05) is 18.2 Å². The standard InChI is InChI=1S/C16H18FNO/c1-10-4-6-15(16(19-3)11(10)2)14-7-5-13(17)8-12(14)9-18/h4-8H,9,18H2,1-3H3. The Balaban J connectivity index is 2.68. The maximum atomic E-state index is 13.3. The summed E-state index contributed by atoms with van der Waals surface area (Å²) in [6.45, 7) is 4.35. The van der Waals surface area contributed by atoms with E-state index in [0.29, 0.717) is 6.54 Å². The van der Waals surface area contributed by atoms with Gasteiger partial charge in [0.1, 0.15) is 11.6 Å². The monoisotopic (exact) mass is 259 g/mol. The number of halogens is 1. The molecule has 0 unspecified atom stereocenters. The van der Waals surface area contributed by atoms with Crippen LogP contribution in [0.15, 0.2) is 30.3 Å². The third-order valence-corrected chi connectivity index (χ3v) is 3.46. The van der Waals surface area contributed by atoms with Gasteiger partial charge < -0.3 is 10.5 Å². The molecule has 2 N–H and O–H groups in total. The van der Waals surface area contributed by atoms with Crippen LogP contribution in [0.2, 0.25) is 0 Å². The van der Waals surface area contributed by atoms with Gasteiger partial charge in [0.2, 0.25) is 0 Å². The zero-order valence-electron chi connectivity index (χ0n) is 11.5. The predicted molar refractivity (Wildman–Crippen MR) is 75.8 cm³/mol. The predicted octanol–water partition coefficient (Wildman–Crippen LogP) is 3.58. The van der Waals surface area contributed by atoms with Crippen molar-refractivity contribution in [2.24, 2.45) is 5.73 Å². The highest BCUT2D eigenvalue weighted by Gasteiger charge is 2.13. The quantitative estimate of drug-likeness (QED) is 0.914. The van der Waals surface area contributed by atoms with Crippen LogP contribution in [0.25, 0.3) is 11.1 Å². The van der Waals surface area contributed by atoms with E-state index >= 15 is 0 Å². The number of benzene rings is 2. The van der Waals surface area contributed by atoms with E-state index in [1.807, 2.05) is 26.0 Å². The second-order valence-electron chi connectivity index (χ2n) is 4.59. The van der Waals surface area contributed by atoms with E-state index in [2.05, 4.69) is 0 Å². The van der Waals surface area contributed by atoms with E-state index in [1.54, 1.807) is 13.2 Å². The Morgan fingerprint density at radius 1 is 1.11 bits per heavy atom. The Bertz CT molecular complexity index is 608. The van der Waals surface area contributed by atoms with Gasteiger partial charge in [0.15, 0.2) is 0 Å². The molecule has 0 heterocycles. The van der Waals surface area contributed by atoms with Crippen LogP contribution in [0.4, 0.5) is 4.39 Å². The topological polar surface area (TPSA) is 35.2 Å². The fourth-order valence-electron chi connectivity index (χ4n) is 2.26. The van der Waals surface area contributed by atoms with Crippen molar-refractivity contribution in [2.75, 3.05) is 7.11 Å². The summed E-state index contributed by atoms with van der Waals surface area (Å²) in [6, 6.07) is 8.71. The molecule has 0 aliphatic heterocycles. The summed E-state index contributed by atoms with van der Waals surface area (Å²) in [7, 11) is 1.65. The fraction of sp³-hybridized carbons (Fsp3) is 0.250. The van der Waals surface area contributed by atoms with Gasteiger partial charge in [-0.2, -0.15) is 0 Å². The van der Waals surface area contributed by atoms with Gasteiger partial charge in [-0.15, -0.1) is 0 Å². The Morgan fingerprint density at radius 3 is 2.42 bits per heavy atom. The lowest BCUT2D eigenvalue weighted by molar-refractivity contribution is 0.413. The lowest BCUT2D eigenvalue weighted by atomic mass is 9.95. The van der Waals surface area contributed by atoms with Crippen LogP contribution < -0.4 is 10.5 Å². The van der Waals surface area contributed by atoms with Gasteiger partial charge in [0.25, 0.3) is 0 Å². The molecule has 19 heavy (non-hydrogen) atoms. The first-order chi connectivity index (χ1) is 9.08. The molecule has 0 radical (unpaired) electrons. The average molecular weight is 259 g/mol. The molecule has 0 saturated carbocycles. The highest BCUT2D eigenvalue weighted by Crippen LogP contribution is 2.36. The van der Waals surface area contributed by atoms with Crippen molar-refractivity contribution >= 4 is 0 Å². The molecule has 2 nitrogen and oxygen atoms in total. The first kappa shape index (κ1) is 13.6. The van der Waals surface area contributed by atoms with Crippen molar-refractivity contribution in [2.45, 2.75) is 20.4 Å². The number of rotatable bonds is 3. The molecule has 0 spiro atoms. The Hall–Kier alpha value is -1.87. The minimum atomic E-state index is -0.271. The van der Waals surface area contributed by atoms with Gasteiger partial charge in [0.05, 0.1) is 7.11 Å². The largest absolute Gasteiger partial charge is 0.496 e. The van der Waals surface area contributed by atoms with Crippen LogP contribution >= 0.6 is 0 Å². The number of ether oxygens (including phenoxy) is 1. The normalized spacial score (nSPS) is 10.6. The van der Waals surface area contributed by atoms with Gasteiger partial charge in [-0.3, -0.25) is 0 Å². The molecular weight excluding hydrogens is 241 g/mol. The zero-order chi connectivity index (χ0) is 14.0. The van der Waals surface area contributed by atoms with Crippen LogP contribution in [0.5, 0.6) is 5.75 Å². The van der Waals surface area contributed by atoms with Crippen LogP contribution in [0.3, 0.4) is 0 Å². The number of hydrogen-bond acceptors (Lipinski definition) is 2. The molecule has 0 bridgehead atoms. The van der Waals surface area contributed by atoms with Crippen molar-refractivity contribution in [1.82, 2.24) is 0 Å². The summed E-state index contributed by atoms with van der Waals surface area (Å²) >= 11 is 0. The van der Waals surface area contributed by atoms with E-state index in [-0.39, 0.29) is 5.82 Å². The maximum Gasteiger partial charge on any atom is 0.129 e. The molecule has 0 saturated heterocycles. The number of nitrogens with two attached hydrogens (primary N) is 1. The van der Waals surface area contributed by atoms with Crippen molar-refractivity contribution in [3.63, 3.8) is 0 Å². The van der Waals surface area contributed by atoms with Gasteiger partial charge in [0, 0.05) is 12.1 Å². The maximum absolute atomic E-state index is 13.3. The summed E-state index contributed by atoms with van der Waals surface area (Å²) < 4.78 is 18.8. The van der Waals surface area contributed by atoms with E-state index < -0.39 is 0 Å². The number of hydrogen-bond donors (Lipinski definition) is 1. The second-order valence-corrected chi connectivity index (χ2v) is 4.59. The average Bonchev–Trinajstić information content (AvgIpc) is 2.41. The molecule has 0 aromatic heterocycles. The highest BCUT2D eigenvalue weighted by atomic mass is 19.1. The Kier molecular flexibility index (Phi) is 3.86. The lowest BCUT2D eigenvalue weighted by Crippen LogP contribution is -2.01. The van der Waals surface area contributed by atoms with Crippen molar-refractivity contribution in [1.29, 1.82) is 0 Å². The molecule has 100 valence electrons. The highest BCUT2D eigenvalue weighted by molar-refractivity contribution is 5.75. The number of aryl methyl sites for hydroxylation is 1. The van der Waals surface area contributed by atoms with Gasteiger partial charge >= 0.3 is 0 Å². The van der Waals surface area contributed by atoms with Crippen LogP contribution in [-0.4, -0.2) is 7.11 Å². The SMILES string of the molecule is COc1c(-c2ccc(F)cc2CN)ccc(C)c1C. The van der Waals surface area contributed by atoms with Crippen molar-refractivity contribution < 1.29 is 9.13 Å². The summed E-state index contributed by atoms with van der Waals surface area (Å²) in [5.74, 6) is 0.549. The summed E-state index contributed by atoms with van der Waals surface area (Å²) in [4.78, 5) is 0. The van der Waals surface area contributed by atoms with Crippen LogP contribution in [-0.2, 0) is 6.54 Å². The molecule has 3 heteroatoms. The molecule has 2 aromatic rings. The minimum absolute atomic E-state index is 0.271. The number of methoxy groups -OCH3 is 1. The molecule has 0 fully saturated rings. The zero-order valence-corrected chi connectivity index (χ0v) is 11.5. The fourth-order valence-corrected chi connectivity index (χ4v) is 2.26. The molecule has 0 amide bonds. The summed E-state index contributed by atoms with van der Waals surface area (Å²) in [5.41, 5.74) is 10.6. The Morgan fingerprint density at radius 2 is 1.79 bits per heavy atom. The van der Waals surface area contributed by atoms with Crippen LogP contribution in [0.1, 0.15) is 16.7 Å². The molecule has 0 atom stereocenters. The summed E-state index contributed by atoms with van der Waals surface area (Å²) in [6.07, 6.45) is 0. The van der Waals surface area contributed by atoms with E-state index in [9.17, 15) is 4.39 Å². The molecule has 0 aliphatic carbocycles.